The summed E-state index contributed by atoms with van der Waals surface area (Å²) >= 11 is 1.67. The summed E-state index contributed by atoms with van der Waals surface area (Å²) in [5.74, 6) is 1.10. The number of fused-ring (bicyclic) bond motifs is 1. The van der Waals surface area contributed by atoms with Crippen LogP contribution in [0.1, 0.15) is 22.9 Å². The second-order valence-electron chi connectivity index (χ2n) is 4.87. The smallest absolute Gasteiger partial charge is 0.223 e. The van der Waals surface area contributed by atoms with Gasteiger partial charge in [0.25, 0.3) is 0 Å². The Morgan fingerprint density at radius 3 is 2.95 bits per heavy atom. The van der Waals surface area contributed by atoms with Crippen LogP contribution in [0.5, 0.6) is 0 Å². The van der Waals surface area contributed by atoms with Crippen LogP contribution >= 0.6 is 11.3 Å². The first kappa shape index (κ1) is 13.8. The molecule has 21 heavy (non-hydrogen) atoms. The minimum atomic E-state index is 0.306. The topological polar surface area (TPSA) is 76.7 Å². The molecule has 0 aromatic carbocycles. The molecule has 0 fully saturated rings. The van der Waals surface area contributed by atoms with E-state index in [1.807, 2.05) is 19.2 Å². The highest BCUT2D eigenvalue weighted by Crippen LogP contribution is 2.30. The van der Waals surface area contributed by atoms with Crippen LogP contribution < -0.4 is 11.1 Å². The lowest BCUT2D eigenvalue weighted by atomic mass is 10.1. The van der Waals surface area contributed by atoms with Gasteiger partial charge in [-0.05, 0) is 36.6 Å². The molecule has 3 N–H and O–H groups in total. The molecule has 0 atom stereocenters. The van der Waals surface area contributed by atoms with Gasteiger partial charge in [-0.3, -0.25) is 4.98 Å². The summed E-state index contributed by atoms with van der Waals surface area (Å²) in [6, 6.07) is 4.15. The fourth-order valence-corrected chi connectivity index (χ4v) is 3.15. The number of thiophene rings is 1. The largest absolute Gasteiger partial charge is 0.368 e. The lowest BCUT2D eigenvalue weighted by molar-refractivity contribution is 1.07. The Hall–Kier alpha value is -2.21. The summed E-state index contributed by atoms with van der Waals surface area (Å²) in [5, 5.41) is 4.41. The number of anilines is 2. The van der Waals surface area contributed by atoms with Gasteiger partial charge in [-0.1, -0.05) is 6.92 Å². The predicted octanol–water partition coefficient (Wildman–Crippen LogP) is 3.15. The van der Waals surface area contributed by atoms with Gasteiger partial charge in [0.15, 0.2) is 0 Å². The fraction of sp³-hybridized carbons (Fsp3) is 0.267. The Morgan fingerprint density at radius 2 is 2.19 bits per heavy atom. The first-order chi connectivity index (χ1) is 10.2. The van der Waals surface area contributed by atoms with Crippen molar-refractivity contribution in [2.24, 2.45) is 0 Å². The summed E-state index contributed by atoms with van der Waals surface area (Å²) in [5.41, 5.74) is 8.16. The molecule has 3 rings (SSSR count). The molecule has 0 unspecified atom stereocenters. The van der Waals surface area contributed by atoms with Gasteiger partial charge in [0.1, 0.15) is 10.6 Å². The van der Waals surface area contributed by atoms with Crippen LogP contribution in [0.4, 0.5) is 11.8 Å². The van der Waals surface area contributed by atoms with Crippen molar-refractivity contribution >= 4 is 33.3 Å². The SMILES string of the molecule is CCc1cc2c(NCc3ccncc3C)nc(N)nc2s1. The molecule has 0 radical (unpaired) electrons. The first-order valence-corrected chi connectivity index (χ1v) is 7.68. The van der Waals surface area contributed by atoms with Crippen molar-refractivity contribution < 1.29 is 0 Å². The maximum absolute atomic E-state index is 5.81. The van der Waals surface area contributed by atoms with E-state index in [0.29, 0.717) is 12.5 Å². The van der Waals surface area contributed by atoms with E-state index in [1.54, 1.807) is 17.5 Å². The number of hydrogen-bond acceptors (Lipinski definition) is 6. The highest BCUT2D eigenvalue weighted by atomic mass is 32.1. The molecule has 3 heterocycles. The van der Waals surface area contributed by atoms with E-state index >= 15 is 0 Å². The molecular weight excluding hydrogens is 282 g/mol. The van der Waals surface area contributed by atoms with Crippen LogP contribution in [0.15, 0.2) is 24.5 Å². The summed E-state index contributed by atoms with van der Waals surface area (Å²) in [6.45, 7) is 4.87. The standard InChI is InChI=1S/C15H17N5S/c1-3-11-6-12-13(19-15(16)20-14(12)21-11)18-8-10-4-5-17-7-9(10)2/h4-7H,3,8H2,1-2H3,(H3,16,18,19,20). The van der Waals surface area contributed by atoms with Crippen LogP contribution in [0.2, 0.25) is 0 Å². The van der Waals surface area contributed by atoms with Crippen LogP contribution in [0.3, 0.4) is 0 Å². The zero-order chi connectivity index (χ0) is 14.8. The molecule has 0 aliphatic carbocycles. The minimum Gasteiger partial charge on any atom is -0.368 e. The Morgan fingerprint density at radius 1 is 1.33 bits per heavy atom. The first-order valence-electron chi connectivity index (χ1n) is 6.86. The average Bonchev–Trinajstić information content (AvgIpc) is 2.89. The fourth-order valence-electron chi connectivity index (χ4n) is 2.18. The molecule has 6 heteroatoms. The van der Waals surface area contributed by atoms with Crippen molar-refractivity contribution in [2.75, 3.05) is 11.1 Å². The monoisotopic (exact) mass is 299 g/mol. The van der Waals surface area contributed by atoms with E-state index in [0.717, 1.165) is 28.0 Å². The van der Waals surface area contributed by atoms with E-state index in [9.17, 15) is 0 Å². The van der Waals surface area contributed by atoms with Gasteiger partial charge >= 0.3 is 0 Å². The van der Waals surface area contributed by atoms with Crippen molar-refractivity contribution in [1.29, 1.82) is 0 Å². The predicted molar refractivity (Wildman–Crippen MR) is 87.5 cm³/mol. The molecule has 3 aromatic heterocycles. The Kier molecular flexibility index (Phi) is 3.70. The molecule has 0 saturated carbocycles. The van der Waals surface area contributed by atoms with Crippen molar-refractivity contribution in [3.8, 4) is 0 Å². The van der Waals surface area contributed by atoms with Crippen molar-refractivity contribution in [3.05, 3.63) is 40.5 Å². The number of rotatable bonds is 4. The second-order valence-corrected chi connectivity index (χ2v) is 5.99. The lowest BCUT2D eigenvalue weighted by Crippen LogP contribution is -2.05. The molecule has 108 valence electrons. The van der Waals surface area contributed by atoms with Gasteiger partial charge in [-0.25, -0.2) is 4.98 Å². The normalized spacial score (nSPS) is 11.0. The number of nitrogens with two attached hydrogens (primary N) is 1. The summed E-state index contributed by atoms with van der Waals surface area (Å²) in [6.07, 6.45) is 4.65. The maximum atomic E-state index is 5.81. The molecule has 0 bridgehead atoms. The second kappa shape index (κ2) is 5.65. The summed E-state index contributed by atoms with van der Waals surface area (Å²) in [4.78, 5) is 15.0. The molecular formula is C15H17N5S. The molecule has 0 aliphatic heterocycles. The van der Waals surface area contributed by atoms with E-state index < -0.39 is 0 Å². The number of nitrogens with zero attached hydrogens (tertiary/aromatic N) is 3. The van der Waals surface area contributed by atoms with Crippen LogP contribution in [0.25, 0.3) is 10.2 Å². The van der Waals surface area contributed by atoms with E-state index in [4.69, 9.17) is 5.73 Å². The average molecular weight is 299 g/mol. The number of nitrogen functional groups attached to an aromatic ring is 1. The van der Waals surface area contributed by atoms with Crippen molar-refractivity contribution in [3.63, 3.8) is 0 Å². The Bertz CT molecular complexity index is 781. The summed E-state index contributed by atoms with van der Waals surface area (Å²) < 4.78 is 0. The van der Waals surface area contributed by atoms with Gasteiger partial charge in [0.05, 0.1) is 5.39 Å². The number of hydrogen-bond donors (Lipinski definition) is 2. The molecule has 5 nitrogen and oxygen atoms in total. The van der Waals surface area contributed by atoms with E-state index in [-0.39, 0.29) is 0 Å². The quantitative estimate of drug-likeness (QED) is 0.774. The molecule has 0 amide bonds. The van der Waals surface area contributed by atoms with Crippen molar-refractivity contribution in [1.82, 2.24) is 15.0 Å². The van der Waals surface area contributed by atoms with Gasteiger partial charge in [-0.15, -0.1) is 11.3 Å². The third-order valence-electron chi connectivity index (χ3n) is 3.39. The third kappa shape index (κ3) is 2.80. The molecule has 0 spiro atoms. The van der Waals surface area contributed by atoms with Gasteiger partial charge in [-0.2, -0.15) is 4.98 Å². The van der Waals surface area contributed by atoms with Gasteiger partial charge in [0.2, 0.25) is 5.95 Å². The number of nitrogens with one attached hydrogen (secondary N) is 1. The number of aromatic nitrogens is 3. The summed E-state index contributed by atoms with van der Waals surface area (Å²) in [7, 11) is 0. The number of aryl methyl sites for hydroxylation is 2. The van der Waals surface area contributed by atoms with Crippen LogP contribution in [-0.4, -0.2) is 15.0 Å². The van der Waals surface area contributed by atoms with Crippen LogP contribution in [-0.2, 0) is 13.0 Å². The minimum absolute atomic E-state index is 0.306. The molecule has 0 aliphatic rings. The Balaban J connectivity index is 1.93. The number of pyridine rings is 1. The highest BCUT2D eigenvalue weighted by Gasteiger charge is 2.10. The van der Waals surface area contributed by atoms with E-state index in [2.05, 4.69) is 33.3 Å². The zero-order valence-corrected chi connectivity index (χ0v) is 12.9. The third-order valence-corrected chi connectivity index (χ3v) is 4.57. The molecule has 0 saturated heterocycles. The van der Waals surface area contributed by atoms with Gasteiger partial charge < -0.3 is 11.1 Å². The zero-order valence-electron chi connectivity index (χ0n) is 12.1. The highest BCUT2D eigenvalue weighted by molar-refractivity contribution is 7.18. The van der Waals surface area contributed by atoms with Crippen LogP contribution in [0, 0.1) is 6.92 Å². The molecule has 3 aromatic rings. The maximum Gasteiger partial charge on any atom is 0.223 e. The van der Waals surface area contributed by atoms with E-state index in [1.165, 1.54) is 10.4 Å². The lowest BCUT2D eigenvalue weighted by Gasteiger charge is -2.09. The Labute approximate surface area is 127 Å². The van der Waals surface area contributed by atoms with Gasteiger partial charge in [0, 0.05) is 23.8 Å². The van der Waals surface area contributed by atoms with Crippen molar-refractivity contribution in [2.45, 2.75) is 26.8 Å².